The lowest BCUT2D eigenvalue weighted by Crippen LogP contribution is -2.52. The molecule has 0 aliphatic carbocycles. The lowest BCUT2D eigenvalue weighted by atomic mass is 9.76. The molecular formula is C32H31Cl2N4OSi. The van der Waals surface area contributed by atoms with Crippen LogP contribution in [-0.4, -0.2) is 31.7 Å². The molecule has 4 aromatic rings. The van der Waals surface area contributed by atoms with Crippen molar-refractivity contribution < 1.29 is 4.43 Å². The second kappa shape index (κ2) is 11.7. The summed E-state index contributed by atoms with van der Waals surface area (Å²) in [7, 11) is -1.58. The minimum atomic E-state index is -1.58. The zero-order chi connectivity index (χ0) is 28.4. The Labute approximate surface area is 248 Å². The maximum atomic E-state index is 9.33. The molecule has 1 aliphatic rings. The van der Waals surface area contributed by atoms with Crippen LogP contribution in [0.1, 0.15) is 50.1 Å². The van der Waals surface area contributed by atoms with E-state index in [9.17, 15) is 5.26 Å². The number of hydrogen-bond acceptors (Lipinski definition) is 5. The Balaban J connectivity index is 1.61. The van der Waals surface area contributed by atoms with E-state index in [1.54, 1.807) is 12.1 Å². The molecule has 0 saturated heterocycles. The first kappa shape index (κ1) is 28.3. The van der Waals surface area contributed by atoms with Gasteiger partial charge in [-0.1, -0.05) is 105 Å². The summed E-state index contributed by atoms with van der Waals surface area (Å²) >= 11 is 13.6. The minimum absolute atomic E-state index is 0.0380. The molecule has 0 amide bonds. The maximum absolute atomic E-state index is 9.33. The van der Waals surface area contributed by atoms with Gasteiger partial charge in [-0.15, -0.1) is 0 Å². The van der Waals surface area contributed by atoms with Gasteiger partial charge in [-0.3, -0.25) is 0 Å². The van der Waals surface area contributed by atoms with Crippen molar-refractivity contribution in [2.24, 2.45) is 5.41 Å². The van der Waals surface area contributed by atoms with Crippen LogP contribution in [0.2, 0.25) is 10.2 Å². The molecule has 0 bridgehead atoms. The molecule has 0 fully saturated rings. The Bertz CT molecular complexity index is 1500. The molecule has 1 aliphatic heterocycles. The molecule has 5 nitrogen and oxygen atoms in total. The number of hydrogen-bond donors (Lipinski definition) is 0. The van der Waals surface area contributed by atoms with Crippen molar-refractivity contribution in [3.63, 3.8) is 0 Å². The lowest BCUT2D eigenvalue weighted by Gasteiger charge is -2.44. The first-order valence-electron chi connectivity index (χ1n) is 13.3. The Morgan fingerprint density at radius 3 is 2.15 bits per heavy atom. The van der Waals surface area contributed by atoms with Gasteiger partial charge in [0.2, 0.25) is 0 Å². The fraction of sp³-hybridized carbons (Fsp3) is 0.281. The smallest absolute Gasteiger partial charge is 0.283 e. The van der Waals surface area contributed by atoms with Crippen LogP contribution in [0.25, 0.3) is 0 Å². The zero-order valence-corrected chi connectivity index (χ0v) is 25.5. The lowest BCUT2D eigenvalue weighted by molar-refractivity contribution is 0.0599. The molecule has 203 valence electrons. The molecule has 0 N–H and O–H groups in total. The summed E-state index contributed by atoms with van der Waals surface area (Å²) in [6.45, 7) is 9.18. The summed E-state index contributed by atoms with van der Waals surface area (Å²) in [5, 5.41) is 12.7. The molecule has 2 unspecified atom stereocenters. The summed E-state index contributed by atoms with van der Waals surface area (Å²) in [4.78, 5) is 11.6. The highest BCUT2D eigenvalue weighted by Crippen LogP contribution is 2.48. The highest BCUT2D eigenvalue weighted by atomic mass is 35.5. The zero-order valence-electron chi connectivity index (χ0n) is 23.0. The van der Waals surface area contributed by atoms with Gasteiger partial charge in [0.05, 0.1) is 28.4 Å². The van der Waals surface area contributed by atoms with Crippen LogP contribution in [0.3, 0.4) is 0 Å². The Morgan fingerprint density at radius 1 is 0.975 bits per heavy atom. The van der Waals surface area contributed by atoms with Gasteiger partial charge in [-0.25, -0.2) is 9.97 Å². The van der Waals surface area contributed by atoms with Crippen molar-refractivity contribution in [1.29, 1.82) is 5.26 Å². The van der Waals surface area contributed by atoms with Crippen molar-refractivity contribution in [2.75, 3.05) is 11.4 Å². The van der Waals surface area contributed by atoms with Crippen LogP contribution >= 0.6 is 23.2 Å². The van der Waals surface area contributed by atoms with Crippen LogP contribution in [0.4, 0.5) is 11.5 Å². The molecule has 1 radical (unpaired) electrons. The van der Waals surface area contributed by atoms with Crippen molar-refractivity contribution in [3.8, 4) is 6.07 Å². The van der Waals surface area contributed by atoms with Crippen LogP contribution in [0.5, 0.6) is 0 Å². The maximum Gasteiger partial charge on any atom is 0.283 e. The SMILES string of the molecule is Cc1nc(Cl)c2c(n1)N(c1ccc(C#N)cc1Cl)CCC2C(O[Si](c1ccccc1)c1ccccc1)C(C)(C)C. The van der Waals surface area contributed by atoms with Crippen molar-refractivity contribution in [3.05, 3.63) is 106 Å². The molecule has 8 heteroatoms. The summed E-state index contributed by atoms with van der Waals surface area (Å²) in [5.74, 6) is 1.29. The molecule has 2 heterocycles. The van der Waals surface area contributed by atoms with Crippen LogP contribution in [0.15, 0.2) is 78.9 Å². The predicted molar refractivity (Wildman–Crippen MR) is 165 cm³/mol. The van der Waals surface area contributed by atoms with E-state index in [1.807, 2.05) is 25.1 Å². The average Bonchev–Trinajstić information content (AvgIpc) is 2.93. The first-order valence-corrected chi connectivity index (χ1v) is 15.5. The molecule has 40 heavy (non-hydrogen) atoms. The first-order chi connectivity index (χ1) is 19.2. The Kier molecular flexibility index (Phi) is 8.30. The van der Waals surface area contributed by atoms with Gasteiger partial charge in [0.15, 0.2) is 0 Å². The Hall–Kier alpha value is -3.21. The highest BCUT2D eigenvalue weighted by Gasteiger charge is 2.43. The van der Waals surface area contributed by atoms with Gasteiger partial charge in [-0.2, -0.15) is 5.26 Å². The van der Waals surface area contributed by atoms with Gasteiger partial charge in [0.25, 0.3) is 9.04 Å². The molecule has 0 saturated carbocycles. The molecular weight excluding hydrogens is 555 g/mol. The monoisotopic (exact) mass is 585 g/mol. The van der Waals surface area contributed by atoms with E-state index in [-0.39, 0.29) is 17.4 Å². The fourth-order valence-electron chi connectivity index (χ4n) is 5.38. The van der Waals surface area contributed by atoms with E-state index < -0.39 is 9.04 Å². The highest BCUT2D eigenvalue weighted by molar-refractivity contribution is 6.80. The van der Waals surface area contributed by atoms with Gasteiger partial charge in [0.1, 0.15) is 16.8 Å². The van der Waals surface area contributed by atoms with Crippen LogP contribution in [-0.2, 0) is 4.43 Å². The number of nitrogens with zero attached hydrogens (tertiary/aromatic N) is 4. The van der Waals surface area contributed by atoms with Gasteiger partial charge < -0.3 is 9.33 Å². The summed E-state index contributed by atoms with van der Waals surface area (Å²) in [5.41, 5.74) is 1.98. The van der Waals surface area contributed by atoms with E-state index in [0.29, 0.717) is 28.1 Å². The second-order valence-electron chi connectivity index (χ2n) is 11.1. The summed E-state index contributed by atoms with van der Waals surface area (Å²) in [6.07, 6.45) is 0.610. The van der Waals surface area contributed by atoms with Crippen LogP contribution < -0.4 is 15.3 Å². The number of nitriles is 1. The van der Waals surface area contributed by atoms with E-state index in [4.69, 9.17) is 32.6 Å². The number of anilines is 2. The molecule has 5 rings (SSSR count). The average molecular weight is 587 g/mol. The van der Waals surface area contributed by atoms with E-state index >= 15 is 0 Å². The van der Waals surface area contributed by atoms with Crippen LogP contribution in [0, 0.1) is 23.7 Å². The quantitative estimate of drug-likeness (QED) is 0.183. The largest absolute Gasteiger partial charge is 0.403 e. The van der Waals surface area contributed by atoms with Gasteiger partial charge >= 0.3 is 0 Å². The third-order valence-corrected chi connectivity index (χ3v) is 9.98. The van der Waals surface area contributed by atoms with E-state index in [1.165, 1.54) is 10.4 Å². The predicted octanol–water partition coefficient (Wildman–Crippen LogP) is 6.83. The van der Waals surface area contributed by atoms with E-state index in [2.05, 4.69) is 85.3 Å². The third kappa shape index (κ3) is 5.79. The molecule has 2 atom stereocenters. The van der Waals surface area contributed by atoms with Gasteiger partial charge in [-0.05, 0) is 47.3 Å². The molecule has 0 spiro atoms. The van der Waals surface area contributed by atoms with Crippen molar-refractivity contribution in [1.82, 2.24) is 9.97 Å². The number of aromatic nitrogens is 2. The summed E-state index contributed by atoms with van der Waals surface area (Å²) < 4.78 is 7.27. The number of benzene rings is 3. The van der Waals surface area contributed by atoms with E-state index in [0.717, 1.165) is 23.5 Å². The van der Waals surface area contributed by atoms with Crippen molar-refractivity contribution >= 4 is 54.1 Å². The number of aryl methyl sites for hydroxylation is 1. The molecule has 3 aromatic carbocycles. The fourth-order valence-corrected chi connectivity index (χ4v) is 8.38. The van der Waals surface area contributed by atoms with Gasteiger partial charge in [0, 0.05) is 18.0 Å². The topological polar surface area (TPSA) is 62.0 Å². The minimum Gasteiger partial charge on any atom is -0.403 e. The molecule has 1 aromatic heterocycles. The Morgan fingerprint density at radius 2 is 1.60 bits per heavy atom. The number of halogens is 2. The number of rotatable bonds is 6. The standard InChI is InChI=1S/C32H31Cl2N4OSi/c1-21-36-30(34)28-25(17-18-38(31(28)37-21)27-16-15-22(20-35)19-26(27)33)29(32(2,3)4)39-40(23-11-7-5-8-12-23)24-13-9-6-10-14-24/h5-16,19,25,29H,17-18H2,1-4H3. The second-order valence-corrected chi connectivity index (χ2v) is 13.9. The normalized spacial score (nSPS) is 15.9. The third-order valence-electron chi connectivity index (χ3n) is 7.18. The number of fused-ring (bicyclic) bond motifs is 1. The van der Waals surface area contributed by atoms with Crippen molar-refractivity contribution in [2.45, 2.75) is 46.1 Å². The summed E-state index contributed by atoms with van der Waals surface area (Å²) in [6, 6.07) is 28.5.